The lowest BCUT2D eigenvalue weighted by atomic mass is 10.1. The van der Waals surface area contributed by atoms with Crippen LogP contribution in [0.5, 0.6) is 0 Å². The molecule has 2 aliphatic rings. The summed E-state index contributed by atoms with van der Waals surface area (Å²) in [6, 6.07) is 0.310. The fourth-order valence-electron chi connectivity index (χ4n) is 1.66. The van der Waals surface area contributed by atoms with Gasteiger partial charge in [-0.05, 0) is 31.6 Å². The van der Waals surface area contributed by atoms with Gasteiger partial charge < -0.3 is 16.4 Å². The third-order valence-electron chi connectivity index (χ3n) is 3.04. The zero-order chi connectivity index (χ0) is 11.5. The van der Waals surface area contributed by atoms with E-state index in [1.54, 1.807) is 0 Å². The van der Waals surface area contributed by atoms with E-state index in [0.717, 1.165) is 25.7 Å². The predicted molar refractivity (Wildman–Crippen MR) is 59.5 cm³/mol. The Morgan fingerprint density at radius 3 is 2.44 bits per heavy atom. The zero-order valence-corrected chi connectivity index (χ0v) is 9.37. The molecule has 2 rings (SSSR count). The summed E-state index contributed by atoms with van der Waals surface area (Å²) in [7, 11) is 0. The Balaban J connectivity index is 1.56. The molecule has 0 aromatic carbocycles. The van der Waals surface area contributed by atoms with Crippen molar-refractivity contribution in [2.24, 2.45) is 11.7 Å². The second-order valence-electron chi connectivity index (χ2n) is 4.82. The molecule has 16 heavy (non-hydrogen) atoms. The van der Waals surface area contributed by atoms with E-state index >= 15 is 0 Å². The van der Waals surface area contributed by atoms with Crippen LogP contribution < -0.4 is 16.4 Å². The van der Waals surface area contributed by atoms with Gasteiger partial charge in [0.15, 0.2) is 0 Å². The topological polar surface area (TPSA) is 84.2 Å². The molecule has 0 spiro atoms. The van der Waals surface area contributed by atoms with Crippen LogP contribution in [0.25, 0.3) is 0 Å². The van der Waals surface area contributed by atoms with Gasteiger partial charge in [-0.3, -0.25) is 9.59 Å². The first-order valence-electron chi connectivity index (χ1n) is 5.97. The van der Waals surface area contributed by atoms with Gasteiger partial charge in [-0.1, -0.05) is 0 Å². The molecular formula is C11H19N3O2. The van der Waals surface area contributed by atoms with Crippen LogP contribution in [0.4, 0.5) is 0 Å². The average molecular weight is 225 g/mol. The Morgan fingerprint density at radius 1 is 1.19 bits per heavy atom. The number of hydrogen-bond acceptors (Lipinski definition) is 3. The highest BCUT2D eigenvalue weighted by Gasteiger charge is 2.30. The molecule has 5 nitrogen and oxygen atoms in total. The lowest BCUT2D eigenvalue weighted by Gasteiger charge is -2.10. The number of rotatable bonds is 6. The first-order chi connectivity index (χ1) is 7.65. The van der Waals surface area contributed by atoms with Crippen LogP contribution in [-0.2, 0) is 9.59 Å². The summed E-state index contributed by atoms with van der Waals surface area (Å²) in [5, 5.41) is 5.41. The Labute approximate surface area is 95.1 Å². The van der Waals surface area contributed by atoms with Gasteiger partial charge in [-0.2, -0.15) is 0 Å². The molecule has 2 saturated carbocycles. The number of carbonyl (C=O) groups is 2. The first kappa shape index (κ1) is 11.4. The number of hydrogen-bond donors (Lipinski definition) is 3. The average Bonchev–Trinajstić information content (AvgIpc) is 3.06. The highest BCUT2D eigenvalue weighted by atomic mass is 16.2. The van der Waals surface area contributed by atoms with Crippen LogP contribution in [0.2, 0.25) is 0 Å². The molecule has 90 valence electrons. The third-order valence-corrected chi connectivity index (χ3v) is 3.04. The molecule has 0 aromatic rings. The molecule has 2 fully saturated rings. The molecule has 0 heterocycles. The normalized spacial score (nSPS) is 21.3. The maximum absolute atomic E-state index is 11.4. The Bertz CT molecular complexity index is 285. The van der Waals surface area contributed by atoms with Gasteiger partial charge in [0, 0.05) is 18.5 Å². The molecular weight excluding hydrogens is 206 g/mol. The van der Waals surface area contributed by atoms with Crippen LogP contribution in [0, 0.1) is 5.92 Å². The van der Waals surface area contributed by atoms with E-state index in [2.05, 4.69) is 10.6 Å². The zero-order valence-electron chi connectivity index (χ0n) is 9.37. The molecule has 1 unspecified atom stereocenters. The van der Waals surface area contributed by atoms with Crippen LogP contribution in [0.15, 0.2) is 0 Å². The van der Waals surface area contributed by atoms with E-state index in [-0.39, 0.29) is 24.4 Å². The summed E-state index contributed by atoms with van der Waals surface area (Å²) >= 11 is 0. The molecule has 0 saturated heterocycles. The van der Waals surface area contributed by atoms with Gasteiger partial charge in [0.05, 0.1) is 6.54 Å². The van der Waals surface area contributed by atoms with Crippen LogP contribution >= 0.6 is 0 Å². The van der Waals surface area contributed by atoms with E-state index < -0.39 is 0 Å². The number of amides is 2. The maximum Gasteiger partial charge on any atom is 0.239 e. The second kappa shape index (κ2) is 4.82. The van der Waals surface area contributed by atoms with Crippen LogP contribution in [0.1, 0.15) is 32.1 Å². The molecule has 0 bridgehead atoms. The SMILES string of the molecule is NC(CC(=O)NCC(=O)NC1CC1)C1CC1. The lowest BCUT2D eigenvalue weighted by molar-refractivity contribution is -0.126. The number of nitrogens with two attached hydrogens (primary N) is 1. The van der Waals surface area contributed by atoms with E-state index in [1.807, 2.05) is 0 Å². The Morgan fingerprint density at radius 2 is 1.88 bits per heavy atom. The largest absolute Gasteiger partial charge is 0.352 e. The standard InChI is InChI=1S/C11H19N3O2/c12-9(7-1-2-7)5-10(15)13-6-11(16)14-8-3-4-8/h7-9H,1-6,12H2,(H,13,15)(H,14,16). The lowest BCUT2D eigenvalue weighted by Crippen LogP contribution is -2.40. The first-order valence-corrected chi connectivity index (χ1v) is 5.97. The fraction of sp³-hybridized carbons (Fsp3) is 0.818. The summed E-state index contributed by atoms with van der Waals surface area (Å²) < 4.78 is 0. The molecule has 2 amide bonds. The highest BCUT2D eigenvalue weighted by molar-refractivity contribution is 5.85. The third kappa shape index (κ3) is 3.81. The summed E-state index contributed by atoms with van der Waals surface area (Å²) in [5.41, 5.74) is 5.82. The van der Waals surface area contributed by atoms with Crippen molar-refractivity contribution in [2.75, 3.05) is 6.54 Å². The molecule has 5 heteroatoms. The minimum absolute atomic E-state index is 0.0357. The van der Waals surface area contributed by atoms with Gasteiger partial charge in [-0.15, -0.1) is 0 Å². The minimum atomic E-state index is -0.120. The highest BCUT2D eigenvalue weighted by Crippen LogP contribution is 2.32. The molecule has 1 atom stereocenters. The molecule has 0 aliphatic heterocycles. The Kier molecular flexibility index (Phi) is 3.43. The smallest absolute Gasteiger partial charge is 0.239 e. The van der Waals surface area contributed by atoms with Gasteiger partial charge in [0.2, 0.25) is 11.8 Å². The van der Waals surface area contributed by atoms with Crippen molar-refractivity contribution < 1.29 is 9.59 Å². The quantitative estimate of drug-likeness (QED) is 0.570. The molecule has 2 aliphatic carbocycles. The van der Waals surface area contributed by atoms with E-state index in [9.17, 15) is 9.59 Å². The second-order valence-corrected chi connectivity index (χ2v) is 4.82. The molecule has 0 radical (unpaired) electrons. The van der Waals surface area contributed by atoms with Crippen molar-refractivity contribution in [3.8, 4) is 0 Å². The Hall–Kier alpha value is -1.10. The van der Waals surface area contributed by atoms with Crippen molar-refractivity contribution in [1.29, 1.82) is 0 Å². The van der Waals surface area contributed by atoms with Crippen LogP contribution in [0.3, 0.4) is 0 Å². The van der Waals surface area contributed by atoms with Gasteiger partial charge >= 0.3 is 0 Å². The van der Waals surface area contributed by atoms with Crippen LogP contribution in [-0.4, -0.2) is 30.4 Å². The molecule has 0 aromatic heterocycles. The molecule has 4 N–H and O–H groups in total. The van der Waals surface area contributed by atoms with Gasteiger partial charge in [0.1, 0.15) is 0 Å². The summed E-state index contributed by atoms with van der Waals surface area (Å²) in [6.07, 6.45) is 4.73. The summed E-state index contributed by atoms with van der Waals surface area (Å²) in [4.78, 5) is 22.7. The van der Waals surface area contributed by atoms with Crippen molar-refractivity contribution >= 4 is 11.8 Å². The minimum Gasteiger partial charge on any atom is -0.352 e. The van der Waals surface area contributed by atoms with Crippen molar-refractivity contribution in [3.63, 3.8) is 0 Å². The van der Waals surface area contributed by atoms with E-state index in [1.165, 1.54) is 0 Å². The number of nitrogens with one attached hydrogen (secondary N) is 2. The number of carbonyl (C=O) groups excluding carboxylic acids is 2. The maximum atomic E-state index is 11.4. The predicted octanol–water partition coefficient (Wildman–Crippen LogP) is -0.491. The summed E-state index contributed by atoms with van der Waals surface area (Å²) in [6.45, 7) is 0.0761. The fourth-order valence-corrected chi connectivity index (χ4v) is 1.66. The van der Waals surface area contributed by atoms with E-state index in [4.69, 9.17) is 5.73 Å². The van der Waals surface area contributed by atoms with Gasteiger partial charge in [-0.25, -0.2) is 0 Å². The van der Waals surface area contributed by atoms with Crippen molar-refractivity contribution in [1.82, 2.24) is 10.6 Å². The van der Waals surface area contributed by atoms with Gasteiger partial charge in [0.25, 0.3) is 0 Å². The monoisotopic (exact) mass is 225 g/mol. The summed E-state index contributed by atoms with van der Waals surface area (Å²) in [5.74, 6) is 0.298. The van der Waals surface area contributed by atoms with E-state index in [0.29, 0.717) is 18.4 Å². The van der Waals surface area contributed by atoms with Crippen molar-refractivity contribution in [3.05, 3.63) is 0 Å². The van der Waals surface area contributed by atoms with Crippen molar-refractivity contribution in [2.45, 2.75) is 44.2 Å².